The van der Waals surface area contributed by atoms with Gasteiger partial charge in [-0.1, -0.05) is 6.92 Å². The molecule has 1 nitrogen and oxygen atoms in total. The number of nitriles is 1. The summed E-state index contributed by atoms with van der Waals surface area (Å²) in [6, 6.07) is 4.82. The Hall–Kier alpha value is -0.630. The lowest BCUT2D eigenvalue weighted by atomic mass is 10.1. The predicted octanol–water partition coefficient (Wildman–Crippen LogP) is 2.86. The van der Waals surface area contributed by atoms with E-state index in [0.717, 1.165) is 15.6 Å². The fourth-order valence-electron chi connectivity index (χ4n) is 0.945. The van der Waals surface area contributed by atoms with Crippen LogP contribution in [0.5, 0.6) is 0 Å². The third kappa shape index (κ3) is 1.75. The van der Waals surface area contributed by atoms with Crippen molar-refractivity contribution in [3.8, 4) is 6.07 Å². The maximum Gasteiger partial charge on any atom is 0.141 e. The lowest BCUT2D eigenvalue weighted by Crippen LogP contribution is -1.92. The molecule has 1 aromatic rings. The van der Waals surface area contributed by atoms with E-state index in [4.69, 9.17) is 5.26 Å². The molecule has 0 fully saturated rings. The fourth-order valence-corrected chi connectivity index (χ4v) is 1.79. The molecule has 12 heavy (non-hydrogen) atoms. The van der Waals surface area contributed by atoms with E-state index in [-0.39, 0.29) is 5.56 Å². The first-order valence-corrected chi connectivity index (χ1v) is 4.65. The van der Waals surface area contributed by atoms with Crippen LogP contribution in [0.1, 0.15) is 18.1 Å². The molecule has 62 valence electrons. The van der Waals surface area contributed by atoms with Crippen LogP contribution in [-0.2, 0) is 6.42 Å². The van der Waals surface area contributed by atoms with E-state index in [2.05, 4.69) is 22.6 Å². The topological polar surface area (TPSA) is 23.8 Å². The van der Waals surface area contributed by atoms with Gasteiger partial charge in [0, 0.05) is 3.57 Å². The number of hydrogen-bond acceptors (Lipinski definition) is 1. The molecule has 0 heterocycles. The molecule has 0 N–H and O–H groups in total. The second kappa shape index (κ2) is 3.85. The van der Waals surface area contributed by atoms with Gasteiger partial charge in [0.2, 0.25) is 0 Å². The van der Waals surface area contributed by atoms with E-state index >= 15 is 0 Å². The largest absolute Gasteiger partial charge is 0.206 e. The normalized spacial score (nSPS) is 9.50. The van der Waals surface area contributed by atoms with Crippen LogP contribution >= 0.6 is 22.6 Å². The number of nitrogens with zero attached hydrogens (tertiary/aromatic N) is 1. The highest BCUT2D eigenvalue weighted by atomic mass is 127. The van der Waals surface area contributed by atoms with Gasteiger partial charge in [-0.2, -0.15) is 5.26 Å². The average Bonchev–Trinajstić information content (AvgIpc) is 2.08. The molecule has 0 aliphatic rings. The minimum atomic E-state index is -0.422. The zero-order valence-electron chi connectivity index (χ0n) is 6.56. The Morgan fingerprint density at radius 1 is 1.58 bits per heavy atom. The Labute approximate surface area is 84.3 Å². The van der Waals surface area contributed by atoms with Crippen LogP contribution in [0.25, 0.3) is 0 Å². The summed E-state index contributed by atoms with van der Waals surface area (Å²) in [6.45, 7) is 1.96. The third-order valence-electron chi connectivity index (χ3n) is 1.64. The highest BCUT2D eigenvalue weighted by Gasteiger charge is 2.05. The molecule has 0 spiro atoms. The highest BCUT2D eigenvalue weighted by Crippen LogP contribution is 2.17. The standard InChI is InChI=1S/C9H7FIN/c1-2-6-3-8(10)7(5-12)4-9(6)11/h3-4H,2H2,1H3. The summed E-state index contributed by atoms with van der Waals surface area (Å²) in [5.74, 6) is -0.422. The molecule has 0 radical (unpaired) electrons. The van der Waals surface area contributed by atoms with E-state index in [0.29, 0.717) is 0 Å². The van der Waals surface area contributed by atoms with Crippen molar-refractivity contribution < 1.29 is 4.39 Å². The van der Waals surface area contributed by atoms with Crippen molar-refractivity contribution in [1.29, 1.82) is 5.26 Å². The van der Waals surface area contributed by atoms with Gasteiger partial charge in [0.1, 0.15) is 11.9 Å². The van der Waals surface area contributed by atoms with Crippen LogP contribution in [0, 0.1) is 20.7 Å². The summed E-state index contributed by atoms with van der Waals surface area (Å²) in [4.78, 5) is 0. The summed E-state index contributed by atoms with van der Waals surface area (Å²) in [6.07, 6.45) is 0.793. The predicted molar refractivity (Wildman–Crippen MR) is 53.2 cm³/mol. The molecular weight excluding hydrogens is 268 g/mol. The molecule has 0 aliphatic heterocycles. The van der Waals surface area contributed by atoms with Crippen molar-refractivity contribution >= 4 is 22.6 Å². The van der Waals surface area contributed by atoms with Crippen molar-refractivity contribution in [2.45, 2.75) is 13.3 Å². The monoisotopic (exact) mass is 275 g/mol. The summed E-state index contributed by atoms with van der Waals surface area (Å²) < 4.78 is 13.9. The summed E-state index contributed by atoms with van der Waals surface area (Å²) in [5.41, 5.74) is 1.07. The molecule has 0 bridgehead atoms. The van der Waals surface area contributed by atoms with Crippen LogP contribution < -0.4 is 0 Å². The van der Waals surface area contributed by atoms with E-state index in [1.165, 1.54) is 6.07 Å². The Morgan fingerprint density at radius 2 is 2.25 bits per heavy atom. The zero-order valence-corrected chi connectivity index (χ0v) is 8.72. The summed E-state index contributed by atoms with van der Waals surface area (Å²) in [5, 5.41) is 8.51. The molecule has 0 saturated carbocycles. The average molecular weight is 275 g/mol. The number of hydrogen-bond donors (Lipinski definition) is 0. The Bertz CT molecular complexity index is 340. The molecule has 0 amide bonds. The van der Waals surface area contributed by atoms with Crippen LogP contribution in [-0.4, -0.2) is 0 Å². The van der Waals surface area contributed by atoms with Gasteiger partial charge < -0.3 is 0 Å². The highest BCUT2D eigenvalue weighted by molar-refractivity contribution is 14.1. The van der Waals surface area contributed by atoms with Crippen molar-refractivity contribution in [2.24, 2.45) is 0 Å². The molecule has 1 aromatic carbocycles. The number of benzene rings is 1. The van der Waals surface area contributed by atoms with Crippen LogP contribution in [0.3, 0.4) is 0 Å². The molecule has 3 heteroatoms. The van der Waals surface area contributed by atoms with Crippen molar-refractivity contribution in [2.75, 3.05) is 0 Å². The van der Waals surface area contributed by atoms with Gasteiger partial charge in [-0.25, -0.2) is 4.39 Å². The van der Waals surface area contributed by atoms with Crippen LogP contribution in [0.2, 0.25) is 0 Å². The van der Waals surface area contributed by atoms with Crippen molar-refractivity contribution in [3.05, 3.63) is 32.6 Å². The van der Waals surface area contributed by atoms with E-state index in [1.54, 1.807) is 6.07 Å². The summed E-state index contributed by atoms with van der Waals surface area (Å²) >= 11 is 2.11. The van der Waals surface area contributed by atoms with E-state index < -0.39 is 5.82 Å². The Morgan fingerprint density at radius 3 is 2.75 bits per heavy atom. The first kappa shape index (κ1) is 9.46. The minimum absolute atomic E-state index is 0.122. The third-order valence-corrected chi connectivity index (χ3v) is 2.64. The fraction of sp³-hybridized carbons (Fsp3) is 0.222. The van der Waals surface area contributed by atoms with Crippen LogP contribution in [0.15, 0.2) is 12.1 Å². The van der Waals surface area contributed by atoms with Gasteiger partial charge in [0.25, 0.3) is 0 Å². The van der Waals surface area contributed by atoms with Gasteiger partial charge >= 0.3 is 0 Å². The maximum absolute atomic E-state index is 13.0. The zero-order chi connectivity index (χ0) is 9.14. The molecule has 0 aliphatic carbocycles. The van der Waals surface area contributed by atoms with E-state index in [9.17, 15) is 4.39 Å². The van der Waals surface area contributed by atoms with Gasteiger partial charge in [-0.15, -0.1) is 0 Å². The molecule has 0 aromatic heterocycles. The van der Waals surface area contributed by atoms with Gasteiger partial charge in [0.05, 0.1) is 5.56 Å². The second-order valence-corrected chi connectivity index (χ2v) is 3.55. The maximum atomic E-state index is 13.0. The molecular formula is C9H7FIN. The molecule has 1 rings (SSSR count). The quantitative estimate of drug-likeness (QED) is 0.723. The molecule has 0 saturated heterocycles. The smallest absolute Gasteiger partial charge is 0.141 e. The number of halogens is 2. The van der Waals surface area contributed by atoms with Gasteiger partial charge in [0.15, 0.2) is 0 Å². The lowest BCUT2D eigenvalue weighted by molar-refractivity contribution is 0.621. The van der Waals surface area contributed by atoms with Gasteiger partial charge in [-0.05, 0) is 46.7 Å². The number of aryl methyl sites for hydroxylation is 1. The lowest BCUT2D eigenvalue weighted by Gasteiger charge is -2.01. The minimum Gasteiger partial charge on any atom is -0.206 e. The number of rotatable bonds is 1. The van der Waals surface area contributed by atoms with Crippen molar-refractivity contribution in [3.63, 3.8) is 0 Å². The van der Waals surface area contributed by atoms with E-state index in [1.807, 2.05) is 13.0 Å². The van der Waals surface area contributed by atoms with Gasteiger partial charge in [-0.3, -0.25) is 0 Å². The summed E-state index contributed by atoms with van der Waals surface area (Å²) in [7, 11) is 0. The van der Waals surface area contributed by atoms with Crippen LogP contribution in [0.4, 0.5) is 4.39 Å². The molecule has 0 atom stereocenters. The SMILES string of the molecule is CCc1cc(F)c(C#N)cc1I. The first-order valence-electron chi connectivity index (χ1n) is 3.57. The van der Waals surface area contributed by atoms with Crippen molar-refractivity contribution in [1.82, 2.24) is 0 Å². The second-order valence-electron chi connectivity index (χ2n) is 2.39. The Balaban J connectivity index is 3.28. The first-order chi connectivity index (χ1) is 5.69. The Kier molecular flexibility index (Phi) is 3.04. The molecule has 0 unspecified atom stereocenters.